The molecule has 0 aliphatic rings. The molecular weight excluding hydrogens is 247 g/mol. The second-order valence-corrected chi connectivity index (χ2v) is 4.65. The average molecular weight is 256 g/mol. The molecule has 0 aromatic carbocycles. The van der Waals surface area contributed by atoms with Gasteiger partial charge in [0.05, 0.1) is 7.96 Å². The van der Waals surface area contributed by atoms with Gasteiger partial charge in [-0.2, -0.15) is 0 Å². The molecule has 0 aromatic heterocycles. The van der Waals surface area contributed by atoms with Gasteiger partial charge in [0.25, 0.3) is 0 Å². The van der Waals surface area contributed by atoms with Gasteiger partial charge in [-0.15, -0.1) is 0 Å². The van der Waals surface area contributed by atoms with E-state index in [4.69, 9.17) is 11.1 Å². The first-order chi connectivity index (χ1) is 4.04. The summed E-state index contributed by atoms with van der Waals surface area (Å²) in [5.74, 6) is 0. The molecule has 0 rings (SSSR count). The average Bonchev–Trinajstić information content (AvgIpc) is 1.63. The van der Waals surface area contributed by atoms with Crippen molar-refractivity contribution in [1.82, 2.24) is 0 Å². The molecular formula is C5H9IN2S. The number of nitrogens with one attached hydrogen (secondary N) is 1. The fraction of sp³-hybridized carbons (Fsp3) is 0.400. The predicted molar refractivity (Wildman–Crippen MR) is 51.9 cm³/mol. The van der Waals surface area contributed by atoms with Crippen LogP contribution in [0.25, 0.3) is 0 Å². The summed E-state index contributed by atoms with van der Waals surface area (Å²) in [5, 5.41) is 7.66. The maximum absolute atomic E-state index is 7.09. The van der Waals surface area contributed by atoms with Gasteiger partial charge < -0.3 is 5.73 Å². The number of hydrogen-bond donors (Lipinski definition) is 2. The van der Waals surface area contributed by atoms with Crippen LogP contribution in [-0.4, -0.2) is 5.04 Å². The molecule has 0 heterocycles. The smallest absolute Gasteiger partial charge is 0.0702 e. The highest BCUT2D eigenvalue weighted by molar-refractivity contribution is 14.1. The second-order valence-electron chi connectivity index (χ2n) is 1.61. The van der Waals surface area contributed by atoms with Crippen LogP contribution in [0, 0.1) is 5.41 Å². The van der Waals surface area contributed by atoms with E-state index in [0.29, 0.717) is 5.04 Å². The Morgan fingerprint density at radius 1 is 1.56 bits per heavy atom. The molecule has 0 aliphatic heterocycles. The first-order valence-corrected chi connectivity index (χ1v) is 4.28. The monoisotopic (exact) mass is 256 g/mol. The van der Waals surface area contributed by atoms with E-state index in [2.05, 4.69) is 22.6 Å². The number of nitrogens with two attached hydrogens (primary N) is 1. The molecule has 0 aromatic rings. The molecule has 0 bridgehead atoms. The van der Waals surface area contributed by atoms with E-state index in [1.165, 1.54) is 11.8 Å². The Balaban J connectivity index is 3.92. The number of halogens is 1. The van der Waals surface area contributed by atoms with Gasteiger partial charge in [-0.1, -0.05) is 11.8 Å². The fourth-order valence-electron chi connectivity index (χ4n) is 0.215. The van der Waals surface area contributed by atoms with Crippen LogP contribution in [0.15, 0.2) is 8.61 Å². The fourth-order valence-corrected chi connectivity index (χ4v) is 1.64. The van der Waals surface area contributed by atoms with Crippen molar-refractivity contribution in [2.75, 3.05) is 0 Å². The summed E-state index contributed by atoms with van der Waals surface area (Å²) < 4.78 is 0.986. The number of thioether (sulfide) groups is 1. The lowest BCUT2D eigenvalue weighted by atomic mass is 10.6. The molecule has 0 radical (unpaired) electrons. The third-order valence-corrected chi connectivity index (χ3v) is 2.87. The van der Waals surface area contributed by atoms with Gasteiger partial charge in [0.1, 0.15) is 0 Å². The third-order valence-electron chi connectivity index (χ3n) is 0.553. The molecule has 0 atom stereocenters. The van der Waals surface area contributed by atoms with Gasteiger partial charge in [0, 0.05) is 5.70 Å². The SMILES string of the molecule is CC(=N)S/C(I)=C(\C)N. The number of hydrogen-bond acceptors (Lipinski definition) is 3. The topological polar surface area (TPSA) is 49.9 Å². The van der Waals surface area contributed by atoms with Crippen molar-refractivity contribution in [3.05, 3.63) is 8.61 Å². The Labute approximate surface area is 72.9 Å². The zero-order chi connectivity index (χ0) is 7.44. The highest BCUT2D eigenvalue weighted by Gasteiger charge is 1.95. The molecule has 0 saturated heterocycles. The summed E-state index contributed by atoms with van der Waals surface area (Å²) in [7, 11) is 0. The van der Waals surface area contributed by atoms with Crippen molar-refractivity contribution in [2.24, 2.45) is 5.73 Å². The molecule has 0 unspecified atom stereocenters. The van der Waals surface area contributed by atoms with E-state index in [1.807, 2.05) is 6.92 Å². The van der Waals surface area contributed by atoms with Crippen molar-refractivity contribution in [3.8, 4) is 0 Å². The maximum Gasteiger partial charge on any atom is 0.0702 e. The Kier molecular flexibility index (Phi) is 4.29. The van der Waals surface area contributed by atoms with Gasteiger partial charge in [0.2, 0.25) is 0 Å². The van der Waals surface area contributed by atoms with Crippen molar-refractivity contribution in [3.63, 3.8) is 0 Å². The van der Waals surface area contributed by atoms with E-state index >= 15 is 0 Å². The van der Waals surface area contributed by atoms with Gasteiger partial charge in [0.15, 0.2) is 0 Å². The van der Waals surface area contributed by atoms with Crippen molar-refractivity contribution in [1.29, 1.82) is 5.41 Å². The van der Waals surface area contributed by atoms with Crippen LogP contribution in [0.5, 0.6) is 0 Å². The normalized spacial score (nSPS) is 12.8. The van der Waals surface area contributed by atoms with Crippen LogP contribution in [0.2, 0.25) is 0 Å². The maximum atomic E-state index is 7.09. The predicted octanol–water partition coefficient (Wildman–Crippen LogP) is 2.30. The molecule has 0 fully saturated rings. The van der Waals surface area contributed by atoms with Crippen molar-refractivity contribution >= 4 is 39.4 Å². The summed E-state index contributed by atoms with van der Waals surface area (Å²) in [6.45, 7) is 3.57. The van der Waals surface area contributed by atoms with Crippen molar-refractivity contribution in [2.45, 2.75) is 13.8 Å². The van der Waals surface area contributed by atoms with Gasteiger partial charge in [-0.25, -0.2) is 0 Å². The second kappa shape index (κ2) is 4.16. The Hall–Kier alpha value is 0.290. The van der Waals surface area contributed by atoms with Crippen LogP contribution in [-0.2, 0) is 0 Å². The van der Waals surface area contributed by atoms with E-state index in [1.54, 1.807) is 6.92 Å². The number of rotatable bonds is 1. The van der Waals surface area contributed by atoms with E-state index in [-0.39, 0.29) is 0 Å². The minimum Gasteiger partial charge on any atom is -0.401 e. The quantitative estimate of drug-likeness (QED) is 0.429. The molecule has 0 saturated carbocycles. The highest BCUT2D eigenvalue weighted by atomic mass is 127. The van der Waals surface area contributed by atoms with Crippen LogP contribution in [0.4, 0.5) is 0 Å². The third kappa shape index (κ3) is 4.77. The molecule has 0 aliphatic carbocycles. The molecule has 4 heteroatoms. The lowest BCUT2D eigenvalue weighted by molar-refractivity contribution is 1.33. The lowest BCUT2D eigenvalue weighted by Crippen LogP contribution is -1.92. The van der Waals surface area contributed by atoms with Crippen molar-refractivity contribution < 1.29 is 0 Å². The molecule has 9 heavy (non-hydrogen) atoms. The summed E-state index contributed by atoms with van der Waals surface area (Å²) in [6.07, 6.45) is 0. The molecule has 2 nitrogen and oxygen atoms in total. The first kappa shape index (κ1) is 9.29. The first-order valence-electron chi connectivity index (χ1n) is 2.39. The van der Waals surface area contributed by atoms with E-state index in [0.717, 1.165) is 8.61 Å². The number of allylic oxidation sites excluding steroid dienone is 1. The highest BCUT2D eigenvalue weighted by Crippen LogP contribution is 2.24. The van der Waals surface area contributed by atoms with Crippen LogP contribution < -0.4 is 5.73 Å². The molecule has 52 valence electrons. The summed E-state index contributed by atoms with van der Waals surface area (Å²) in [5.41, 5.74) is 6.22. The van der Waals surface area contributed by atoms with Gasteiger partial charge >= 0.3 is 0 Å². The van der Waals surface area contributed by atoms with E-state index < -0.39 is 0 Å². The standard InChI is InChI=1S/C5H9IN2S/c1-3(7)5(6)9-4(2)8/h8H,7H2,1-2H3/b5-3+,8-4?. The zero-order valence-corrected chi connectivity index (χ0v) is 8.34. The Morgan fingerprint density at radius 3 is 2.11 bits per heavy atom. The Bertz CT molecular complexity index is 149. The molecule has 3 N–H and O–H groups in total. The van der Waals surface area contributed by atoms with Crippen LogP contribution in [0.1, 0.15) is 13.8 Å². The zero-order valence-electron chi connectivity index (χ0n) is 5.36. The summed E-state index contributed by atoms with van der Waals surface area (Å²) >= 11 is 3.51. The lowest BCUT2D eigenvalue weighted by Gasteiger charge is -1.97. The Morgan fingerprint density at radius 2 is 2.00 bits per heavy atom. The van der Waals surface area contributed by atoms with E-state index in [9.17, 15) is 0 Å². The summed E-state index contributed by atoms with van der Waals surface area (Å²) in [6, 6.07) is 0. The molecule has 0 spiro atoms. The summed E-state index contributed by atoms with van der Waals surface area (Å²) in [4.78, 5) is 0. The molecule has 0 amide bonds. The van der Waals surface area contributed by atoms with Crippen LogP contribution in [0.3, 0.4) is 0 Å². The minimum absolute atomic E-state index is 0.573. The van der Waals surface area contributed by atoms with Gasteiger partial charge in [-0.3, -0.25) is 5.41 Å². The minimum atomic E-state index is 0.573. The van der Waals surface area contributed by atoms with Gasteiger partial charge in [-0.05, 0) is 36.4 Å². The van der Waals surface area contributed by atoms with Crippen LogP contribution >= 0.6 is 34.4 Å². The largest absolute Gasteiger partial charge is 0.401 e.